The van der Waals surface area contributed by atoms with Gasteiger partial charge >= 0.3 is 6.18 Å². The maximum atomic E-state index is 12.6. The van der Waals surface area contributed by atoms with Crippen LogP contribution in [0.4, 0.5) is 18.9 Å². The van der Waals surface area contributed by atoms with Crippen molar-refractivity contribution in [3.8, 4) is 0 Å². The highest BCUT2D eigenvalue weighted by molar-refractivity contribution is 5.94. The smallest absolute Gasteiger partial charge is 0.347 e. The first kappa shape index (κ1) is 19.9. The zero-order chi connectivity index (χ0) is 21.3. The summed E-state index contributed by atoms with van der Waals surface area (Å²) in [6, 6.07) is 11.8. The van der Waals surface area contributed by atoms with E-state index < -0.39 is 17.6 Å². The number of H-pyrrole nitrogens is 1. The van der Waals surface area contributed by atoms with Crippen molar-refractivity contribution in [3.63, 3.8) is 0 Å². The van der Waals surface area contributed by atoms with Crippen LogP contribution >= 0.6 is 0 Å². The first-order chi connectivity index (χ1) is 14.3. The number of carbonyl (C=O) groups is 2. The Hall–Kier alpha value is -3.36. The van der Waals surface area contributed by atoms with Crippen LogP contribution in [0.3, 0.4) is 0 Å². The predicted octanol–water partition coefficient (Wildman–Crippen LogP) is 3.83. The standard InChI is InChI=1S/C21H19F3N4O2/c22-21(23,24)13-5-7-14(8-6-13)26-19(30)11-25-18(29)10-12-9-15(12)20-27-16-3-1-2-4-17(16)28-20/h1-8,12,15H,9-11H2,(H,25,29)(H,26,30)(H,27,28)/t12-,15-/m0/s1. The van der Waals surface area contributed by atoms with Gasteiger partial charge in [0.05, 0.1) is 23.1 Å². The molecule has 0 aliphatic heterocycles. The number of benzene rings is 2. The quantitative estimate of drug-likeness (QED) is 0.571. The van der Waals surface area contributed by atoms with E-state index in [1.54, 1.807) is 0 Å². The van der Waals surface area contributed by atoms with Gasteiger partial charge < -0.3 is 15.6 Å². The number of alkyl halides is 3. The molecule has 1 aliphatic rings. The lowest BCUT2D eigenvalue weighted by Crippen LogP contribution is -2.33. The fourth-order valence-corrected chi connectivity index (χ4v) is 3.39. The molecule has 0 bridgehead atoms. The third-order valence-electron chi connectivity index (χ3n) is 5.07. The molecule has 0 unspecified atom stereocenters. The highest BCUT2D eigenvalue weighted by Gasteiger charge is 2.41. The molecule has 1 saturated carbocycles. The van der Waals surface area contributed by atoms with E-state index in [-0.39, 0.29) is 36.4 Å². The average molecular weight is 416 g/mol. The summed E-state index contributed by atoms with van der Waals surface area (Å²) in [6.45, 7) is -0.248. The van der Waals surface area contributed by atoms with Crippen molar-refractivity contribution in [2.75, 3.05) is 11.9 Å². The molecule has 0 saturated heterocycles. The summed E-state index contributed by atoms with van der Waals surface area (Å²) in [6.07, 6.45) is -3.29. The second-order valence-corrected chi connectivity index (χ2v) is 7.35. The molecule has 3 N–H and O–H groups in total. The van der Waals surface area contributed by atoms with Crippen LogP contribution in [0.2, 0.25) is 0 Å². The van der Waals surface area contributed by atoms with Gasteiger partial charge in [-0.1, -0.05) is 12.1 Å². The minimum absolute atomic E-state index is 0.170. The number of halogens is 3. The number of rotatable bonds is 6. The second-order valence-electron chi connectivity index (χ2n) is 7.35. The lowest BCUT2D eigenvalue weighted by atomic mass is 10.2. The van der Waals surface area contributed by atoms with Crippen molar-refractivity contribution in [2.45, 2.75) is 24.9 Å². The number of aromatic nitrogens is 2. The van der Waals surface area contributed by atoms with E-state index in [0.29, 0.717) is 0 Å². The van der Waals surface area contributed by atoms with Gasteiger partial charge in [-0.05, 0) is 48.7 Å². The molecule has 2 aromatic carbocycles. The molecular formula is C21H19F3N4O2. The van der Waals surface area contributed by atoms with Gasteiger partial charge in [-0.15, -0.1) is 0 Å². The molecule has 0 spiro atoms. The molecule has 1 heterocycles. The highest BCUT2D eigenvalue weighted by atomic mass is 19.4. The van der Waals surface area contributed by atoms with Crippen LogP contribution in [0.15, 0.2) is 48.5 Å². The number of hydrogen-bond donors (Lipinski definition) is 3. The normalized spacial score (nSPS) is 18.2. The third-order valence-corrected chi connectivity index (χ3v) is 5.07. The molecule has 2 amide bonds. The van der Waals surface area contributed by atoms with Crippen molar-refractivity contribution in [2.24, 2.45) is 5.92 Å². The molecule has 156 valence electrons. The number of fused-ring (bicyclic) bond motifs is 1. The van der Waals surface area contributed by atoms with E-state index in [4.69, 9.17) is 0 Å². The van der Waals surface area contributed by atoms with Gasteiger partial charge in [0, 0.05) is 18.0 Å². The lowest BCUT2D eigenvalue weighted by molar-refractivity contribution is -0.137. The zero-order valence-electron chi connectivity index (χ0n) is 15.8. The number of para-hydroxylation sites is 2. The van der Waals surface area contributed by atoms with Gasteiger partial charge in [0.1, 0.15) is 5.82 Å². The molecule has 1 fully saturated rings. The highest BCUT2D eigenvalue weighted by Crippen LogP contribution is 2.48. The van der Waals surface area contributed by atoms with E-state index in [2.05, 4.69) is 20.6 Å². The molecule has 1 aliphatic carbocycles. The summed E-state index contributed by atoms with van der Waals surface area (Å²) in [5.74, 6) is 0.482. The van der Waals surface area contributed by atoms with Crippen molar-refractivity contribution in [1.29, 1.82) is 0 Å². The average Bonchev–Trinajstić information content (AvgIpc) is 3.32. The molecule has 3 aromatic rings. The van der Waals surface area contributed by atoms with Crippen LogP contribution in [0.5, 0.6) is 0 Å². The van der Waals surface area contributed by atoms with Crippen LogP contribution in [0.25, 0.3) is 11.0 Å². The van der Waals surface area contributed by atoms with Gasteiger partial charge in [0.25, 0.3) is 0 Å². The Morgan fingerprint density at radius 3 is 2.50 bits per heavy atom. The Labute approximate surface area is 169 Å². The Kier molecular flexibility index (Phi) is 5.19. The van der Waals surface area contributed by atoms with Crippen molar-refractivity contribution < 1.29 is 22.8 Å². The Morgan fingerprint density at radius 2 is 1.80 bits per heavy atom. The number of anilines is 1. The predicted molar refractivity (Wildman–Crippen MR) is 105 cm³/mol. The summed E-state index contributed by atoms with van der Waals surface area (Å²) in [7, 11) is 0. The minimum Gasteiger partial charge on any atom is -0.347 e. The van der Waals surface area contributed by atoms with Crippen LogP contribution in [-0.4, -0.2) is 28.3 Å². The number of carbonyl (C=O) groups excluding carboxylic acids is 2. The third kappa shape index (κ3) is 4.61. The Bertz CT molecular complexity index is 1040. The molecule has 2 atom stereocenters. The first-order valence-corrected chi connectivity index (χ1v) is 9.48. The van der Waals surface area contributed by atoms with Gasteiger partial charge in [0.15, 0.2) is 0 Å². The van der Waals surface area contributed by atoms with E-state index in [1.165, 1.54) is 12.1 Å². The summed E-state index contributed by atoms with van der Waals surface area (Å²) >= 11 is 0. The van der Waals surface area contributed by atoms with Crippen LogP contribution in [0.1, 0.15) is 30.1 Å². The van der Waals surface area contributed by atoms with E-state index >= 15 is 0 Å². The number of nitrogens with one attached hydrogen (secondary N) is 3. The van der Waals surface area contributed by atoms with E-state index in [9.17, 15) is 22.8 Å². The van der Waals surface area contributed by atoms with Crippen LogP contribution in [0, 0.1) is 5.92 Å². The first-order valence-electron chi connectivity index (χ1n) is 9.48. The van der Waals surface area contributed by atoms with Gasteiger partial charge in [0.2, 0.25) is 11.8 Å². The maximum absolute atomic E-state index is 12.6. The molecule has 4 rings (SSSR count). The van der Waals surface area contributed by atoms with Crippen LogP contribution in [-0.2, 0) is 15.8 Å². The summed E-state index contributed by atoms with van der Waals surface area (Å²) in [5, 5.41) is 5.01. The number of hydrogen-bond acceptors (Lipinski definition) is 3. The SMILES string of the molecule is O=C(C[C@@H]1C[C@@H]1c1nc2ccccc2[nH]1)NCC(=O)Nc1ccc(C(F)(F)F)cc1. The second kappa shape index (κ2) is 7.81. The molecule has 1 aromatic heterocycles. The summed E-state index contributed by atoms with van der Waals surface area (Å²) in [4.78, 5) is 31.9. The Balaban J connectivity index is 1.22. The topological polar surface area (TPSA) is 86.9 Å². The van der Waals surface area contributed by atoms with E-state index in [1.807, 2.05) is 24.3 Å². The van der Waals surface area contributed by atoms with E-state index in [0.717, 1.165) is 35.4 Å². The van der Waals surface area contributed by atoms with Crippen molar-refractivity contribution >= 4 is 28.5 Å². The van der Waals surface area contributed by atoms with Gasteiger partial charge in [-0.2, -0.15) is 13.2 Å². The molecule has 6 nitrogen and oxygen atoms in total. The number of nitrogens with zero attached hydrogens (tertiary/aromatic N) is 1. The van der Waals surface area contributed by atoms with Crippen molar-refractivity contribution in [3.05, 3.63) is 59.9 Å². The molecular weight excluding hydrogens is 397 g/mol. The van der Waals surface area contributed by atoms with Crippen molar-refractivity contribution in [1.82, 2.24) is 15.3 Å². The van der Waals surface area contributed by atoms with Gasteiger partial charge in [-0.3, -0.25) is 9.59 Å². The Morgan fingerprint density at radius 1 is 1.07 bits per heavy atom. The zero-order valence-corrected chi connectivity index (χ0v) is 15.8. The van der Waals surface area contributed by atoms with Crippen LogP contribution < -0.4 is 10.6 Å². The largest absolute Gasteiger partial charge is 0.416 e. The molecule has 0 radical (unpaired) electrons. The number of aromatic amines is 1. The fourth-order valence-electron chi connectivity index (χ4n) is 3.39. The number of imidazole rings is 1. The summed E-state index contributed by atoms with van der Waals surface area (Å²) < 4.78 is 37.7. The summed E-state index contributed by atoms with van der Waals surface area (Å²) in [5.41, 5.74) is 1.29. The lowest BCUT2D eigenvalue weighted by Gasteiger charge is -2.09. The maximum Gasteiger partial charge on any atom is 0.416 e. The molecule has 9 heteroatoms. The van der Waals surface area contributed by atoms with Gasteiger partial charge in [-0.25, -0.2) is 4.98 Å². The number of amides is 2. The monoisotopic (exact) mass is 416 g/mol. The molecule has 30 heavy (non-hydrogen) atoms. The fraction of sp³-hybridized carbons (Fsp3) is 0.286. The minimum atomic E-state index is -4.43.